The van der Waals surface area contributed by atoms with E-state index in [1.54, 1.807) is 0 Å². The highest BCUT2D eigenvalue weighted by atomic mass is 35.5. The molecule has 4 nitrogen and oxygen atoms in total. The Morgan fingerprint density at radius 1 is 1.41 bits per heavy atom. The first-order valence-corrected chi connectivity index (χ1v) is 4.88. The third-order valence-electron chi connectivity index (χ3n) is 1.68. The van der Waals surface area contributed by atoms with Crippen LogP contribution in [0.2, 0.25) is 0 Å². The molecule has 0 unspecified atom stereocenters. The highest BCUT2D eigenvalue weighted by molar-refractivity contribution is 6.67. The van der Waals surface area contributed by atoms with Crippen molar-refractivity contribution in [3.8, 4) is 0 Å². The molecule has 1 aromatic carbocycles. The van der Waals surface area contributed by atoms with Crippen molar-refractivity contribution in [2.24, 2.45) is 0 Å². The number of hydrogen-bond donors (Lipinski definition) is 1. The number of rotatable bonds is 4. The van der Waals surface area contributed by atoms with Gasteiger partial charge in [0.05, 0.1) is 0 Å². The van der Waals surface area contributed by atoms with E-state index in [9.17, 15) is 18.4 Å². The molecule has 17 heavy (non-hydrogen) atoms. The zero-order valence-electron chi connectivity index (χ0n) is 8.45. The molecule has 0 aromatic heterocycles. The number of alkyl halides is 2. The van der Waals surface area contributed by atoms with E-state index >= 15 is 0 Å². The predicted octanol–water partition coefficient (Wildman–Crippen LogP) is 2.88. The summed E-state index contributed by atoms with van der Waals surface area (Å²) in [5.41, 5.74) is 0.411. The average molecular weight is 264 g/mol. The number of nitrogens with one attached hydrogen (secondary N) is 1. The third kappa shape index (κ3) is 4.78. The van der Waals surface area contributed by atoms with Gasteiger partial charge in [0.1, 0.15) is 0 Å². The Bertz CT molecular complexity index is 426. The summed E-state index contributed by atoms with van der Waals surface area (Å²) in [6.45, 7) is -0.986. The molecule has 1 rings (SSSR count). The van der Waals surface area contributed by atoms with Crippen molar-refractivity contribution >= 4 is 28.6 Å². The van der Waals surface area contributed by atoms with Crippen molar-refractivity contribution in [1.82, 2.24) is 0 Å². The fourth-order valence-electron chi connectivity index (χ4n) is 1.01. The van der Waals surface area contributed by atoms with E-state index in [1.807, 2.05) is 0 Å². The Hall–Kier alpha value is -1.69. The zero-order chi connectivity index (χ0) is 12.8. The summed E-state index contributed by atoms with van der Waals surface area (Å²) in [7, 11) is 0. The summed E-state index contributed by atoms with van der Waals surface area (Å²) < 4.78 is 27.7. The second-order valence-corrected chi connectivity index (χ2v) is 3.31. The van der Waals surface area contributed by atoms with Crippen molar-refractivity contribution in [1.29, 1.82) is 0 Å². The van der Waals surface area contributed by atoms with Crippen LogP contribution in [0.5, 0.6) is 0 Å². The summed E-state index contributed by atoms with van der Waals surface area (Å²) in [5, 5.41) is 1.50. The topological polar surface area (TPSA) is 55.4 Å². The van der Waals surface area contributed by atoms with Crippen molar-refractivity contribution in [2.45, 2.75) is 6.43 Å². The van der Waals surface area contributed by atoms with Crippen LogP contribution < -0.4 is 5.32 Å². The quantitative estimate of drug-likeness (QED) is 0.850. The van der Waals surface area contributed by atoms with Gasteiger partial charge < -0.3 is 4.74 Å². The van der Waals surface area contributed by atoms with Gasteiger partial charge in [-0.2, -0.15) is 0 Å². The lowest BCUT2D eigenvalue weighted by atomic mass is 10.2. The van der Waals surface area contributed by atoms with Gasteiger partial charge in [-0.25, -0.2) is 13.6 Å². The summed E-state index contributed by atoms with van der Waals surface area (Å²) in [5.74, 6) is 0. The smallest absolute Gasteiger partial charge is 0.411 e. The second kappa shape index (κ2) is 6.15. The van der Waals surface area contributed by atoms with E-state index in [0.29, 0.717) is 0 Å². The van der Waals surface area contributed by atoms with E-state index in [-0.39, 0.29) is 11.3 Å². The average Bonchev–Trinajstić information content (AvgIpc) is 2.26. The Morgan fingerprint density at radius 3 is 2.71 bits per heavy atom. The number of halogens is 3. The van der Waals surface area contributed by atoms with Crippen LogP contribution in [-0.2, 0) is 4.74 Å². The molecule has 0 aliphatic carbocycles. The fourth-order valence-corrected chi connectivity index (χ4v) is 1.13. The number of hydrogen-bond acceptors (Lipinski definition) is 3. The van der Waals surface area contributed by atoms with Gasteiger partial charge in [0, 0.05) is 11.3 Å². The molecule has 92 valence electrons. The number of amides is 1. The van der Waals surface area contributed by atoms with Crippen LogP contribution >= 0.6 is 11.6 Å². The minimum Gasteiger partial charge on any atom is -0.443 e. The largest absolute Gasteiger partial charge is 0.443 e. The molecule has 0 aliphatic heterocycles. The number of carbonyl (C=O) groups is 2. The molecule has 0 fully saturated rings. The number of benzene rings is 1. The van der Waals surface area contributed by atoms with Crippen molar-refractivity contribution in [2.75, 3.05) is 11.9 Å². The molecule has 0 saturated heterocycles. The molecule has 1 aromatic rings. The fraction of sp³-hybridized carbons (Fsp3) is 0.200. The van der Waals surface area contributed by atoms with Gasteiger partial charge in [-0.1, -0.05) is 6.07 Å². The van der Waals surface area contributed by atoms with Gasteiger partial charge in [-0.3, -0.25) is 10.1 Å². The molecule has 0 saturated carbocycles. The molecule has 0 aliphatic rings. The molecule has 0 spiro atoms. The molecular weight excluding hydrogens is 256 g/mol. The normalized spacial score (nSPS) is 10.1. The van der Waals surface area contributed by atoms with Gasteiger partial charge in [0.25, 0.3) is 11.7 Å². The summed E-state index contributed by atoms with van der Waals surface area (Å²) >= 11 is 5.23. The molecule has 0 radical (unpaired) electrons. The second-order valence-electron chi connectivity index (χ2n) is 2.97. The first-order valence-electron chi connectivity index (χ1n) is 4.51. The van der Waals surface area contributed by atoms with Gasteiger partial charge >= 0.3 is 6.09 Å². The Kier molecular flexibility index (Phi) is 4.84. The van der Waals surface area contributed by atoms with Crippen molar-refractivity contribution in [3.05, 3.63) is 29.8 Å². The van der Waals surface area contributed by atoms with E-state index in [4.69, 9.17) is 11.6 Å². The molecule has 0 atom stereocenters. The Labute approximate surface area is 101 Å². The van der Waals surface area contributed by atoms with E-state index in [0.717, 1.165) is 0 Å². The monoisotopic (exact) mass is 263 g/mol. The van der Waals surface area contributed by atoms with Crippen LogP contribution in [0.4, 0.5) is 19.3 Å². The van der Waals surface area contributed by atoms with Gasteiger partial charge in [0.2, 0.25) is 0 Å². The first kappa shape index (κ1) is 13.4. The lowest BCUT2D eigenvalue weighted by Crippen LogP contribution is -2.17. The highest BCUT2D eigenvalue weighted by Crippen LogP contribution is 2.12. The highest BCUT2D eigenvalue weighted by Gasteiger charge is 2.09. The maximum atomic E-state index is 11.7. The third-order valence-corrected chi connectivity index (χ3v) is 1.89. The molecule has 0 bridgehead atoms. The number of ether oxygens (including phenoxy) is 1. The number of carbonyl (C=O) groups excluding carboxylic acids is 2. The van der Waals surface area contributed by atoms with Crippen LogP contribution in [0.3, 0.4) is 0 Å². The first-order chi connectivity index (χ1) is 7.99. The Morgan fingerprint density at radius 2 is 2.12 bits per heavy atom. The minimum atomic E-state index is -2.73. The van der Waals surface area contributed by atoms with E-state index in [2.05, 4.69) is 10.1 Å². The van der Waals surface area contributed by atoms with Gasteiger partial charge in [0.15, 0.2) is 6.61 Å². The lowest BCUT2D eigenvalue weighted by Gasteiger charge is -2.06. The zero-order valence-corrected chi connectivity index (χ0v) is 9.21. The summed E-state index contributed by atoms with van der Waals surface area (Å²) in [6, 6.07) is 5.70. The van der Waals surface area contributed by atoms with E-state index < -0.39 is 24.4 Å². The van der Waals surface area contributed by atoms with Crippen molar-refractivity contribution < 1.29 is 23.1 Å². The van der Waals surface area contributed by atoms with Crippen LogP contribution in [0.15, 0.2) is 24.3 Å². The number of anilines is 1. The maximum Gasteiger partial charge on any atom is 0.411 e. The maximum absolute atomic E-state index is 11.7. The SMILES string of the molecule is O=C(Nc1cccc(C(=O)Cl)c1)OCC(F)F. The van der Waals surface area contributed by atoms with Crippen molar-refractivity contribution in [3.63, 3.8) is 0 Å². The van der Waals surface area contributed by atoms with Crippen LogP contribution in [-0.4, -0.2) is 24.4 Å². The summed E-state index contributed by atoms with van der Waals surface area (Å²) in [6.07, 6.45) is -3.75. The predicted molar refractivity (Wildman–Crippen MR) is 57.6 cm³/mol. The van der Waals surface area contributed by atoms with Crippen LogP contribution in [0.25, 0.3) is 0 Å². The van der Waals surface area contributed by atoms with Gasteiger partial charge in [-0.15, -0.1) is 0 Å². The molecule has 1 amide bonds. The molecular formula is C10H8ClF2NO3. The van der Waals surface area contributed by atoms with Crippen LogP contribution in [0, 0.1) is 0 Å². The van der Waals surface area contributed by atoms with E-state index in [1.165, 1.54) is 24.3 Å². The van der Waals surface area contributed by atoms with Gasteiger partial charge in [-0.05, 0) is 29.8 Å². The van der Waals surface area contributed by atoms with Crippen LogP contribution in [0.1, 0.15) is 10.4 Å². The Balaban J connectivity index is 2.59. The standard InChI is InChI=1S/C10H8ClF2NO3/c11-9(15)6-2-1-3-7(4-6)14-10(16)17-5-8(12)13/h1-4,8H,5H2,(H,14,16). The lowest BCUT2D eigenvalue weighted by molar-refractivity contribution is 0.0548. The summed E-state index contributed by atoms with van der Waals surface area (Å²) in [4.78, 5) is 21.8. The molecule has 1 N–H and O–H groups in total. The molecule has 7 heteroatoms. The minimum absolute atomic E-state index is 0.179. The molecule has 0 heterocycles.